The minimum Gasteiger partial charge on any atom is -0.459 e. The molecule has 1 aromatic heterocycles. The van der Waals surface area contributed by atoms with Gasteiger partial charge in [0.2, 0.25) is 5.91 Å². The Morgan fingerprint density at radius 1 is 1.23 bits per heavy atom. The maximum absolute atomic E-state index is 12.2. The molecule has 0 atom stereocenters. The molecule has 0 saturated carbocycles. The van der Waals surface area contributed by atoms with Crippen molar-refractivity contribution in [1.82, 2.24) is 4.90 Å². The number of hydrogen-bond acceptors (Lipinski definition) is 3. The summed E-state index contributed by atoms with van der Waals surface area (Å²) in [5.74, 6) is -0.272. The molecule has 0 aliphatic heterocycles. The van der Waals surface area contributed by atoms with E-state index in [0.717, 1.165) is 23.2 Å². The van der Waals surface area contributed by atoms with E-state index in [-0.39, 0.29) is 24.1 Å². The van der Waals surface area contributed by atoms with Crippen molar-refractivity contribution in [3.63, 3.8) is 0 Å². The summed E-state index contributed by atoms with van der Waals surface area (Å²) in [5.41, 5.74) is 2.60. The quantitative estimate of drug-likeness (QED) is 0.923. The number of carbonyl (C=O) groups excluding carboxylic acids is 2. The molecule has 1 N–H and O–H groups in total. The first kappa shape index (κ1) is 15.8. The molecule has 0 bridgehead atoms. The number of nitrogens with zero attached hydrogens (tertiary/aromatic N) is 1. The molecule has 2 aromatic rings. The predicted octanol–water partition coefficient (Wildman–Crippen LogP) is 2.86. The van der Waals surface area contributed by atoms with Crippen molar-refractivity contribution < 1.29 is 14.0 Å². The van der Waals surface area contributed by atoms with E-state index < -0.39 is 0 Å². The highest BCUT2D eigenvalue weighted by atomic mass is 16.3. The molecule has 0 fully saturated rings. The zero-order valence-corrected chi connectivity index (χ0v) is 13.1. The topological polar surface area (TPSA) is 62.6 Å². The van der Waals surface area contributed by atoms with E-state index in [9.17, 15) is 9.59 Å². The Morgan fingerprint density at radius 3 is 2.59 bits per heavy atom. The van der Waals surface area contributed by atoms with E-state index in [2.05, 4.69) is 5.32 Å². The number of carbonyl (C=O) groups is 2. The minimum absolute atomic E-state index is 0.0307. The number of aryl methyl sites for hydroxylation is 2. The van der Waals surface area contributed by atoms with E-state index in [1.165, 1.54) is 11.2 Å². The van der Waals surface area contributed by atoms with E-state index >= 15 is 0 Å². The van der Waals surface area contributed by atoms with E-state index in [0.29, 0.717) is 0 Å². The van der Waals surface area contributed by atoms with Crippen LogP contribution in [-0.2, 0) is 11.2 Å². The Kier molecular flexibility index (Phi) is 4.99. The van der Waals surface area contributed by atoms with Crippen molar-refractivity contribution in [3.05, 3.63) is 53.5 Å². The largest absolute Gasteiger partial charge is 0.459 e. The first-order valence-electron chi connectivity index (χ1n) is 7.20. The normalized spacial score (nSPS) is 10.3. The number of likely N-dealkylation sites (N-methyl/N-ethyl adjacent to an activating group) is 1. The third-order valence-electron chi connectivity index (χ3n) is 3.46. The van der Waals surface area contributed by atoms with Gasteiger partial charge in [0.25, 0.3) is 5.91 Å². The van der Waals surface area contributed by atoms with Crippen molar-refractivity contribution in [1.29, 1.82) is 0 Å². The Morgan fingerprint density at radius 2 is 1.95 bits per heavy atom. The van der Waals surface area contributed by atoms with Gasteiger partial charge in [-0.1, -0.05) is 25.1 Å². The molecule has 0 unspecified atom stereocenters. The van der Waals surface area contributed by atoms with Gasteiger partial charge in [0.05, 0.1) is 12.8 Å². The highest BCUT2D eigenvalue weighted by Gasteiger charge is 2.19. The van der Waals surface area contributed by atoms with Crippen LogP contribution in [0.25, 0.3) is 0 Å². The highest BCUT2D eigenvalue weighted by Crippen LogP contribution is 2.16. The second-order valence-corrected chi connectivity index (χ2v) is 5.15. The molecule has 0 saturated heterocycles. The van der Waals surface area contributed by atoms with E-state index in [4.69, 9.17) is 4.42 Å². The number of amides is 2. The summed E-state index contributed by atoms with van der Waals surface area (Å²) < 4.78 is 5.16. The molecule has 2 rings (SSSR count). The Bertz CT molecular complexity index is 676. The fourth-order valence-corrected chi connectivity index (χ4v) is 2.19. The molecule has 1 aromatic carbocycles. The van der Waals surface area contributed by atoms with Gasteiger partial charge in [0.15, 0.2) is 5.76 Å². The summed E-state index contributed by atoms with van der Waals surface area (Å²) in [6.07, 6.45) is 2.30. The zero-order chi connectivity index (χ0) is 16.1. The molecule has 0 aliphatic carbocycles. The van der Waals surface area contributed by atoms with Crippen LogP contribution in [0.2, 0.25) is 0 Å². The lowest BCUT2D eigenvalue weighted by atomic mass is 10.1. The zero-order valence-electron chi connectivity index (χ0n) is 13.1. The standard InChI is InChI=1S/C17H20N2O3/c1-4-13-7-5-6-8-14(13)18-15(20)11-19(3)17(21)16-12(2)9-10-22-16/h5-10H,4,11H2,1-3H3,(H,18,20). The van der Waals surface area contributed by atoms with E-state index in [1.54, 1.807) is 20.0 Å². The van der Waals surface area contributed by atoms with Gasteiger partial charge in [-0.15, -0.1) is 0 Å². The number of rotatable bonds is 5. The monoisotopic (exact) mass is 300 g/mol. The van der Waals surface area contributed by atoms with Gasteiger partial charge in [0.1, 0.15) is 0 Å². The Labute approximate surface area is 129 Å². The second-order valence-electron chi connectivity index (χ2n) is 5.15. The third-order valence-corrected chi connectivity index (χ3v) is 3.46. The van der Waals surface area contributed by atoms with Crippen LogP contribution in [0.4, 0.5) is 5.69 Å². The molecule has 22 heavy (non-hydrogen) atoms. The van der Waals surface area contributed by atoms with Crippen LogP contribution in [0.5, 0.6) is 0 Å². The molecule has 5 heteroatoms. The third kappa shape index (κ3) is 3.55. The summed E-state index contributed by atoms with van der Waals surface area (Å²) in [7, 11) is 1.58. The van der Waals surface area contributed by atoms with Crippen molar-refractivity contribution in [2.75, 3.05) is 18.9 Å². The van der Waals surface area contributed by atoms with Crippen LogP contribution < -0.4 is 5.32 Å². The smallest absolute Gasteiger partial charge is 0.290 e. The number of para-hydroxylation sites is 1. The molecule has 2 amide bonds. The first-order valence-corrected chi connectivity index (χ1v) is 7.20. The number of benzene rings is 1. The molecule has 116 valence electrons. The van der Waals surface area contributed by atoms with Gasteiger partial charge in [-0.25, -0.2) is 0 Å². The predicted molar refractivity (Wildman–Crippen MR) is 84.9 cm³/mol. The Hall–Kier alpha value is -2.56. The summed E-state index contributed by atoms with van der Waals surface area (Å²) in [5, 5.41) is 2.84. The summed E-state index contributed by atoms with van der Waals surface area (Å²) in [6, 6.07) is 9.35. The summed E-state index contributed by atoms with van der Waals surface area (Å²) >= 11 is 0. The maximum atomic E-state index is 12.2. The highest BCUT2D eigenvalue weighted by molar-refractivity contribution is 5.98. The maximum Gasteiger partial charge on any atom is 0.290 e. The van der Waals surface area contributed by atoms with Crippen molar-refractivity contribution in [2.45, 2.75) is 20.3 Å². The lowest BCUT2D eigenvalue weighted by Gasteiger charge is -2.16. The molecule has 1 heterocycles. The van der Waals surface area contributed by atoms with Gasteiger partial charge in [0, 0.05) is 18.3 Å². The average Bonchev–Trinajstić information content (AvgIpc) is 2.93. The number of furan rings is 1. The molecule has 0 spiro atoms. The molecular formula is C17H20N2O3. The lowest BCUT2D eigenvalue weighted by Crippen LogP contribution is -2.35. The van der Waals surface area contributed by atoms with Crippen LogP contribution in [0.3, 0.4) is 0 Å². The van der Waals surface area contributed by atoms with Crippen LogP contribution in [0.15, 0.2) is 41.0 Å². The van der Waals surface area contributed by atoms with Crippen LogP contribution >= 0.6 is 0 Å². The van der Waals surface area contributed by atoms with Gasteiger partial charge >= 0.3 is 0 Å². The van der Waals surface area contributed by atoms with Crippen LogP contribution in [0.1, 0.15) is 28.6 Å². The van der Waals surface area contributed by atoms with Gasteiger partial charge in [-0.3, -0.25) is 9.59 Å². The molecule has 5 nitrogen and oxygen atoms in total. The Balaban J connectivity index is 2.00. The van der Waals surface area contributed by atoms with Gasteiger partial charge in [-0.05, 0) is 31.0 Å². The van der Waals surface area contributed by atoms with Gasteiger partial charge < -0.3 is 14.6 Å². The van der Waals surface area contributed by atoms with Crippen molar-refractivity contribution in [3.8, 4) is 0 Å². The van der Waals surface area contributed by atoms with Crippen LogP contribution in [0, 0.1) is 6.92 Å². The van der Waals surface area contributed by atoms with E-state index in [1.807, 2.05) is 31.2 Å². The summed E-state index contributed by atoms with van der Waals surface area (Å²) in [6.45, 7) is 3.79. The van der Waals surface area contributed by atoms with Crippen LogP contribution in [-0.4, -0.2) is 30.3 Å². The van der Waals surface area contributed by atoms with Gasteiger partial charge in [-0.2, -0.15) is 0 Å². The molecule has 0 aliphatic rings. The second kappa shape index (κ2) is 6.93. The molecule has 0 radical (unpaired) electrons. The fraction of sp³-hybridized carbons (Fsp3) is 0.294. The number of hydrogen-bond donors (Lipinski definition) is 1. The SMILES string of the molecule is CCc1ccccc1NC(=O)CN(C)C(=O)c1occc1C. The van der Waals surface area contributed by atoms with Crippen molar-refractivity contribution in [2.24, 2.45) is 0 Å². The minimum atomic E-state index is -0.304. The average molecular weight is 300 g/mol. The van der Waals surface area contributed by atoms with Crippen molar-refractivity contribution >= 4 is 17.5 Å². The number of nitrogens with one attached hydrogen (secondary N) is 1. The number of anilines is 1. The molecular weight excluding hydrogens is 280 g/mol. The first-order chi connectivity index (χ1) is 10.5. The fourth-order valence-electron chi connectivity index (χ4n) is 2.19. The summed E-state index contributed by atoms with van der Waals surface area (Å²) in [4.78, 5) is 25.6. The lowest BCUT2D eigenvalue weighted by molar-refractivity contribution is -0.116.